The SMILES string of the molecule is N#Cc1c(F)ccc2c(C3=CCCNC3)c[nH]c12. The van der Waals surface area contributed by atoms with Gasteiger partial charge < -0.3 is 10.3 Å². The lowest BCUT2D eigenvalue weighted by atomic mass is 10.0. The second-order valence-corrected chi connectivity index (χ2v) is 4.35. The standard InChI is InChI=1S/C14H12FN3/c15-13-4-3-10-12(9-2-1-5-17-7-9)8-18-14(10)11(13)6-16/h2-4,8,17-18H,1,5,7H2. The minimum Gasteiger partial charge on any atom is -0.359 e. The number of nitriles is 1. The van der Waals surface area contributed by atoms with Gasteiger partial charge in [0.25, 0.3) is 0 Å². The summed E-state index contributed by atoms with van der Waals surface area (Å²) in [6.45, 7) is 1.80. The van der Waals surface area contributed by atoms with Gasteiger partial charge in [-0.25, -0.2) is 4.39 Å². The Morgan fingerprint density at radius 3 is 2.94 bits per heavy atom. The van der Waals surface area contributed by atoms with Crippen LogP contribution in [0.3, 0.4) is 0 Å². The number of benzene rings is 1. The van der Waals surface area contributed by atoms with Gasteiger partial charge in [-0.15, -0.1) is 0 Å². The van der Waals surface area contributed by atoms with Gasteiger partial charge in [-0.2, -0.15) is 5.26 Å². The molecule has 0 bridgehead atoms. The third-order valence-electron chi connectivity index (χ3n) is 3.29. The Morgan fingerprint density at radius 1 is 1.33 bits per heavy atom. The van der Waals surface area contributed by atoms with Crippen LogP contribution in [-0.4, -0.2) is 18.1 Å². The van der Waals surface area contributed by atoms with Gasteiger partial charge in [0.2, 0.25) is 0 Å². The maximum atomic E-state index is 13.5. The summed E-state index contributed by atoms with van der Waals surface area (Å²) in [5.74, 6) is -0.478. The van der Waals surface area contributed by atoms with E-state index in [1.165, 1.54) is 11.6 Å². The fraction of sp³-hybridized carbons (Fsp3) is 0.214. The molecule has 0 fully saturated rings. The summed E-state index contributed by atoms with van der Waals surface area (Å²) in [6.07, 6.45) is 5.03. The highest BCUT2D eigenvalue weighted by atomic mass is 19.1. The molecule has 1 aliphatic heterocycles. The first-order chi connectivity index (χ1) is 8.81. The molecule has 18 heavy (non-hydrogen) atoms. The summed E-state index contributed by atoms with van der Waals surface area (Å²) >= 11 is 0. The quantitative estimate of drug-likeness (QED) is 0.806. The molecule has 1 aliphatic rings. The highest BCUT2D eigenvalue weighted by molar-refractivity contribution is 5.95. The monoisotopic (exact) mass is 241 g/mol. The first-order valence-electron chi connectivity index (χ1n) is 5.91. The average molecular weight is 241 g/mol. The van der Waals surface area contributed by atoms with Gasteiger partial charge in [-0.05, 0) is 30.7 Å². The van der Waals surface area contributed by atoms with Crippen LogP contribution in [0.1, 0.15) is 17.5 Å². The molecule has 0 unspecified atom stereocenters. The number of hydrogen-bond donors (Lipinski definition) is 2. The van der Waals surface area contributed by atoms with Gasteiger partial charge in [-0.1, -0.05) is 6.08 Å². The van der Waals surface area contributed by atoms with Crippen molar-refractivity contribution in [2.75, 3.05) is 13.1 Å². The largest absolute Gasteiger partial charge is 0.359 e. The summed E-state index contributed by atoms with van der Waals surface area (Å²) in [6, 6.07) is 5.00. The molecule has 2 heterocycles. The van der Waals surface area contributed by atoms with E-state index >= 15 is 0 Å². The molecule has 90 valence electrons. The molecule has 1 aromatic carbocycles. The van der Waals surface area contributed by atoms with E-state index in [4.69, 9.17) is 5.26 Å². The first-order valence-corrected chi connectivity index (χ1v) is 5.91. The van der Waals surface area contributed by atoms with Gasteiger partial charge in [0.15, 0.2) is 0 Å². The molecule has 3 rings (SSSR count). The molecule has 0 radical (unpaired) electrons. The normalized spacial score (nSPS) is 15.4. The zero-order valence-corrected chi connectivity index (χ0v) is 9.76. The summed E-state index contributed by atoms with van der Waals surface area (Å²) in [5, 5.41) is 13.2. The third kappa shape index (κ3) is 1.60. The second-order valence-electron chi connectivity index (χ2n) is 4.35. The van der Waals surface area contributed by atoms with E-state index < -0.39 is 5.82 Å². The van der Waals surface area contributed by atoms with Crippen LogP contribution in [0.4, 0.5) is 4.39 Å². The van der Waals surface area contributed by atoms with Crippen LogP contribution in [-0.2, 0) is 0 Å². The van der Waals surface area contributed by atoms with E-state index in [1.54, 1.807) is 6.07 Å². The highest BCUT2D eigenvalue weighted by Crippen LogP contribution is 2.29. The van der Waals surface area contributed by atoms with Crippen molar-refractivity contribution in [2.24, 2.45) is 0 Å². The molecular weight excluding hydrogens is 229 g/mol. The van der Waals surface area contributed by atoms with Crippen molar-refractivity contribution in [3.63, 3.8) is 0 Å². The summed E-state index contributed by atoms with van der Waals surface area (Å²) in [7, 11) is 0. The lowest BCUT2D eigenvalue weighted by Crippen LogP contribution is -2.21. The van der Waals surface area contributed by atoms with Gasteiger partial charge in [0, 0.05) is 23.7 Å². The number of rotatable bonds is 1. The van der Waals surface area contributed by atoms with Crippen LogP contribution in [0.5, 0.6) is 0 Å². The molecule has 3 nitrogen and oxygen atoms in total. The Morgan fingerprint density at radius 2 is 2.22 bits per heavy atom. The lowest BCUT2D eigenvalue weighted by molar-refractivity contribution is 0.626. The predicted octanol–water partition coefficient (Wildman–Crippen LogP) is 2.56. The fourth-order valence-electron chi connectivity index (χ4n) is 2.40. The number of aromatic amines is 1. The topological polar surface area (TPSA) is 51.6 Å². The van der Waals surface area contributed by atoms with E-state index in [2.05, 4.69) is 16.4 Å². The molecule has 0 saturated carbocycles. The Balaban J connectivity index is 2.22. The van der Waals surface area contributed by atoms with Gasteiger partial charge in [0.05, 0.1) is 5.52 Å². The third-order valence-corrected chi connectivity index (χ3v) is 3.29. The van der Waals surface area contributed by atoms with Gasteiger partial charge >= 0.3 is 0 Å². The second kappa shape index (κ2) is 4.28. The molecule has 1 aromatic heterocycles. The van der Waals surface area contributed by atoms with Crippen LogP contribution in [0, 0.1) is 17.1 Å². The zero-order chi connectivity index (χ0) is 12.5. The molecule has 0 atom stereocenters. The van der Waals surface area contributed by atoms with Crippen molar-refractivity contribution in [3.8, 4) is 6.07 Å². The fourth-order valence-corrected chi connectivity index (χ4v) is 2.40. The van der Waals surface area contributed by atoms with Gasteiger partial charge in [-0.3, -0.25) is 0 Å². The summed E-state index contributed by atoms with van der Waals surface area (Å²) in [4.78, 5) is 3.01. The van der Waals surface area contributed by atoms with Crippen molar-refractivity contribution in [3.05, 3.63) is 41.3 Å². The Bertz CT molecular complexity index is 676. The zero-order valence-electron chi connectivity index (χ0n) is 9.76. The highest BCUT2D eigenvalue weighted by Gasteiger charge is 2.15. The van der Waals surface area contributed by atoms with E-state index in [0.29, 0.717) is 5.52 Å². The van der Waals surface area contributed by atoms with Crippen LogP contribution >= 0.6 is 0 Å². The number of aromatic nitrogens is 1. The number of halogens is 1. The molecule has 2 aromatic rings. The van der Waals surface area contributed by atoms with Crippen molar-refractivity contribution in [1.82, 2.24) is 10.3 Å². The van der Waals surface area contributed by atoms with E-state index in [9.17, 15) is 4.39 Å². The average Bonchev–Trinajstić information content (AvgIpc) is 2.83. The first kappa shape index (κ1) is 11.0. The number of hydrogen-bond acceptors (Lipinski definition) is 2. The van der Waals surface area contributed by atoms with Crippen LogP contribution in [0.2, 0.25) is 0 Å². The van der Waals surface area contributed by atoms with Crippen LogP contribution in [0.25, 0.3) is 16.5 Å². The van der Waals surface area contributed by atoms with Crippen molar-refractivity contribution in [2.45, 2.75) is 6.42 Å². The van der Waals surface area contributed by atoms with Crippen LogP contribution in [0.15, 0.2) is 24.4 Å². The molecule has 0 aliphatic carbocycles. The molecule has 0 saturated heterocycles. The van der Waals surface area contributed by atoms with E-state index in [0.717, 1.165) is 30.5 Å². The maximum Gasteiger partial charge on any atom is 0.143 e. The maximum absolute atomic E-state index is 13.5. The molecule has 2 N–H and O–H groups in total. The van der Waals surface area contributed by atoms with Crippen molar-refractivity contribution < 1.29 is 4.39 Å². The van der Waals surface area contributed by atoms with Crippen LogP contribution < -0.4 is 5.32 Å². The molecule has 4 heteroatoms. The number of H-pyrrole nitrogens is 1. The minimum atomic E-state index is -0.478. The molecule has 0 spiro atoms. The smallest absolute Gasteiger partial charge is 0.143 e. The number of nitrogens with zero attached hydrogens (tertiary/aromatic N) is 1. The van der Waals surface area contributed by atoms with Crippen molar-refractivity contribution >= 4 is 16.5 Å². The predicted molar refractivity (Wildman–Crippen MR) is 68.4 cm³/mol. The number of fused-ring (bicyclic) bond motifs is 1. The Hall–Kier alpha value is -2.12. The summed E-state index contributed by atoms with van der Waals surface area (Å²) in [5.41, 5.74) is 2.92. The molecular formula is C14H12FN3. The lowest BCUT2D eigenvalue weighted by Gasteiger charge is -2.13. The summed E-state index contributed by atoms with van der Waals surface area (Å²) < 4.78 is 13.5. The van der Waals surface area contributed by atoms with E-state index in [-0.39, 0.29) is 5.56 Å². The number of nitrogens with one attached hydrogen (secondary N) is 2. The Kier molecular flexibility index (Phi) is 2.62. The van der Waals surface area contributed by atoms with Crippen molar-refractivity contribution in [1.29, 1.82) is 5.26 Å². The van der Waals surface area contributed by atoms with Gasteiger partial charge in [0.1, 0.15) is 17.4 Å². The minimum absolute atomic E-state index is 0.0862. The van der Waals surface area contributed by atoms with E-state index in [1.807, 2.05) is 12.3 Å². The Labute approximate surface area is 104 Å². The molecule has 0 amide bonds.